The van der Waals surface area contributed by atoms with Gasteiger partial charge in [-0.1, -0.05) is 49.6 Å². The maximum Gasteiger partial charge on any atom is 0.408 e. The first-order valence-corrected chi connectivity index (χ1v) is 12.5. The van der Waals surface area contributed by atoms with Crippen LogP contribution in [0.2, 0.25) is 0 Å². The number of aromatic hydroxyl groups is 1. The van der Waals surface area contributed by atoms with Gasteiger partial charge in [-0.15, -0.1) is 0 Å². The standard InChI is InChI=1S/C23H26I2N2O4/c24-18-11-16(12-19(25)21(18)28)13-20(22(29)26-17-9-5-2-6-10-17)27-23(30)31-14-15-7-3-1-4-8-15/h1,3-4,7-8,11-12,17,20,28H,2,5-6,9-10,13-14H2,(H,26,29)(H,27,30)/t20-/m1/s1. The van der Waals surface area contributed by atoms with Crippen LogP contribution in [0.1, 0.15) is 43.2 Å². The van der Waals surface area contributed by atoms with E-state index in [0.29, 0.717) is 13.6 Å². The summed E-state index contributed by atoms with van der Waals surface area (Å²) in [5.41, 5.74) is 1.74. The van der Waals surface area contributed by atoms with E-state index >= 15 is 0 Å². The van der Waals surface area contributed by atoms with Crippen molar-refractivity contribution < 1.29 is 19.4 Å². The molecule has 0 heterocycles. The van der Waals surface area contributed by atoms with E-state index in [2.05, 4.69) is 55.8 Å². The summed E-state index contributed by atoms with van der Waals surface area (Å²) in [4.78, 5) is 25.5. The monoisotopic (exact) mass is 648 g/mol. The number of phenolic OH excluding ortho intramolecular Hbond substituents is 1. The van der Waals surface area contributed by atoms with Crippen molar-refractivity contribution in [2.24, 2.45) is 0 Å². The average molecular weight is 648 g/mol. The van der Waals surface area contributed by atoms with Crippen molar-refractivity contribution in [1.82, 2.24) is 10.6 Å². The molecule has 2 amide bonds. The predicted octanol–water partition coefficient (Wildman–Crippen LogP) is 4.89. The number of benzene rings is 2. The molecule has 3 rings (SSSR count). The van der Waals surface area contributed by atoms with E-state index in [4.69, 9.17) is 4.74 Å². The highest BCUT2D eigenvalue weighted by Gasteiger charge is 2.25. The van der Waals surface area contributed by atoms with Crippen molar-refractivity contribution in [3.8, 4) is 5.75 Å². The molecule has 1 aliphatic rings. The first kappa shape index (κ1) is 24.1. The van der Waals surface area contributed by atoms with Crippen LogP contribution in [0.4, 0.5) is 4.79 Å². The quantitative estimate of drug-likeness (QED) is 0.374. The summed E-state index contributed by atoms with van der Waals surface area (Å²) < 4.78 is 6.74. The van der Waals surface area contributed by atoms with Gasteiger partial charge < -0.3 is 20.5 Å². The number of hydrogen-bond donors (Lipinski definition) is 3. The minimum Gasteiger partial charge on any atom is -0.506 e. The Morgan fingerprint density at radius 3 is 2.32 bits per heavy atom. The maximum atomic E-state index is 13.0. The summed E-state index contributed by atoms with van der Waals surface area (Å²) in [6.07, 6.45) is 5.02. The van der Waals surface area contributed by atoms with Gasteiger partial charge in [0.1, 0.15) is 18.4 Å². The Labute approximate surface area is 209 Å². The molecule has 0 aromatic heterocycles. The molecule has 1 atom stereocenters. The largest absolute Gasteiger partial charge is 0.506 e. The highest BCUT2D eigenvalue weighted by molar-refractivity contribution is 14.1. The lowest BCUT2D eigenvalue weighted by atomic mass is 9.95. The minimum absolute atomic E-state index is 0.138. The van der Waals surface area contributed by atoms with Gasteiger partial charge in [-0.2, -0.15) is 0 Å². The third kappa shape index (κ3) is 7.51. The number of phenols is 1. The lowest BCUT2D eigenvalue weighted by molar-refractivity contribution is -0.124. The molecule has 0 spiro atoms. The van der Waals surface area contributed by atoms with Gasteiger partial charge in [0.15, 0.2) is 0 Å². The molecule has 2 aromatic rings. The second kappa shape index (κ2) is 11.9. The second-order valence-corrected chi connectivity index (χ2v) is 10.0. The summed E-state index contributed by atoms with van der Waals surface area (Å²) in [6, 6.07) is 12.5. The predicted molar refractivity (Wildman–Crippen MR) is 136 cm³/mol. The van der Waals surface area contributed by atoms with Gasteiger partial charge in [0.05, 0.1) is 7.14 Å². The molecule has 0 bridgehead atoms. The van der Waals surface area contributed by atoms with Gasteiger partial charge in [0.25, 0.3) is 0 Å². The summed E-state index contributed by atoms with van der Waals surface area (Å²) in [7, 11) is 0. The van der Waals surface area contributed by atoms with Crippen molar-refractivity contribution in [2.75, 3.05) is 0 Å². The Morgan fingerprint density at radius 1 is 1.03 bits per heavy atom. The molecule has 2 aromatic carbocycles. The molecular weight excluding hydrogens is 622 g/mol. The van der Waals surface area contributed by atoms with E-state index in [-0.39, 0.29) is 24.3 Å². The van der Waals surface area contributed by atoms with E-state index in [1.807, 2.05) is 42.5 Å². The Morgan fingerprint density at radius 2 is 1.68 bits per heavy atom. The number of ether oxygens (including phenoxy) is 1. The van der Waals surface area contributed by atoms with Crippen molar-refractivity contribution in [3.63, 3.8) is 0 Å². The second-order valence-electron chi connectivity index (χ2n) is 7.71. The number of carbonyl (C=O) groups is 2. The Bertz CT molecular complexity index is 879. The number of halogens is 2. The van der Waals surface area contributed by atoms with Crippen LogP contribution in [0.25, 0.3) is 0 Å². The fraction of sp³-hybridized carbons (Fsp3) is 0.391. The molecule has 1 fully saturated rings. The number of nitrogens with one attached hydrogen (secondary N) is 2. The summed E-state index contributed by atoms with van der Waals surface area (Å²) in [5.74, 6) is 0.0186. The molecule has 166 valence electrons. The van der Waals surface area contributed by atoms with Crippen molar-refractivity contribution >= 4 is 57.2 Å². The van der Waals surface area contributed by atoms with Crippen LogP contribution < -0.4 is 10.6 Å². The fourth-order valence-corrected chi connectivity index (χ4v) is 5.53. The van der Waals surface area contributed by atoms with Gasteiger partial charge in [-0.05, 0) is 81.3 Å². The topological polar surface area (TPSA) is 87.7 Å². The van der Waals surface area contributed by atoms with Crippen LogP contribution in [-0.2, 0) is 22.6 Å². The van der Waals surface area contributed by atoms with Crippen molar-refractivity contribution in [3.05, 3.63) is 60.7 Å². The lowest BCUT2D eigenvalue weighted by Crippen LogP contribution is -2.51. The zero-order valence-electron chi connectivity index (χ0n) is 17.1. The SMILES string of the molecule is O=C(N[C@H](Cc1cc(I)c(O)c(I)c1)C(=O)NC1CCCCC1)OCc1ccccc1. The first-order chi connectivity index (χ1) is 14.9. The lowest BCUT2D eigenvalue weighted by Gasteiger charge is -2.26. The van der Waals surface area contributed by atoms with Crippen LogP contribution in [0.3, 0.4) is 0 Å². The molecule has 31 heavy (non-hydrogen) atoms. The number of carbonyl (C=O) groups excluding carboxylic acids is 2. The van der Waals surface area contributed by atoms with E-state index in [9.17, 15) is 14.7 Å². The van der Waals surface area contributed by atoms with Crippen molar-refractivity contribution in [2.45, 2.75) is 57.2 Å². The summed E-state index contributed by atoms with van der Waals surface area (Å²) in [6.45, 7) is 0.138. The normalized spacial score (nSPS) is 15.2. The zero-order valence-corrected chi connectivity index (χ0v) is 21.4. The van der Waals surface area contributed by atoms with Gasteiger partial charge in [-0.25, -0.2) is 4.79 Å². The van der Waals surface area contributed by atoms with Crippen LogP contribution in [0.15, 0.2) is 42.5 Å². The highest BCUT2D eigenvalue weighted by Crippen LogP contribution is 2.28. The number of rotatable bonds is 7. The summed E-state index contributed by atoms with van der Waals surface area (Å²) >= 11 is 4.12. The molecule has 0 saturated heterocycles. The molecular formula is C23H26I2N2O4. The molecule has 1 aliphatic carbocycles. The van der Waals surface area contributed by atoms with Crippen LogP contribution in [0.5, 0.6) is 5.75 Å². The van der Waals surface area contributed by atoms with E-state index in [0.717, 1.165) is 36.8 Å². The third-order valence-electron chi connectivity index (χ3n) is 5.29. The molecule has 3 N–H and O–H groups in total. The average Bonchev–Trinajstić information content (AvgIpc) is 2.77. The first-order valence-electron chi connectivity index (χ1n) is 10.4. The van der Waals surface area contributed by atoms with Gasteiger partial charge in [0, 0.05) is 12.5 Å². The zero-order chi connectivity index (χ0) is 22.2. The number of alkyl carbamates (subject to hydrolysis) is 1. The molecule has 1 saturated carbocycles. The highest BCUT2D eigenvalue weighted by atomic mass is 127. The van der Waals surface area contributed by atoms with Crippen LogP contribution in [-0.4, -0.2) is 29.2 Å². The van der Waals surface area contributed by atoms with Crippen LogP contribution in [0, 0.1) is 7.14 Å². The number of hydrogen-bond acceptors (Lipinski definition) is 4. The van der Waals surface area contributed by atoms with Crippen LogP contribution >= 0.6 is 45.2 Å². The fourth-order valence-electron chi connectivity index (χ4n) is 3.64. The van der Waals surface area contributed by atoms with E-state index in [1.165, 1.54) is 6.42 Å². The Hall–Kier alpha value is -1.56. The van der Waals surface area contributed by atoms with E-state index < -0.39 is 12.1 Å². The van der Waals surface area contributed by atoms with Gasteiger partial charge >= 0.3 is 6.09 Å². The smallest absolute Gasteiger partial charge is 0.408 e. The molecule has 0 unspecified atom stereocenters. The molecule has 6 nitrogen and oxygen atoms in total. The Balaban J connectivity index is 1.68. The van der Waals surface area contributed by atoms with Crippen molar-refractivity contribution in [1.29, 1.82) is 0 Å². The Kier molecular flexibility index (Phi) is 9.24. The van der Waals surface area contributed by atoms with E-state index in [1.54, 1.807) is 0 Å². The third-order valence-corrected chi connectivity index (χ3v) is 6.93. The summed E-state index contributed by atoms with van der Waals surface area (Å²) in [5, 5.41) is 15.9. The molecule has 0 aliphatic heterocycles. The number of amides is 2. The molecule has 8 heteroatoms. The minimum atomic E-state index is -0.763. The molecule has 0 radical (unpaired) electrons. The van der Waals surface area contributed by atoms with Gasteiger partial charge in [-0.3, -0.25) is 4.79 Å². The van der Waals surface area contributed by atoms with Gasteiger partial charge in [0.2, 0.25) is 5.91 Å². The maximum absolute atomic E-state index is 13.0.